The fourth-order valence-electron chi connectivity index (χ4n) is 1.59. The van der Waals surface area contributed by atoms with E-state index in [1.807, 2.05) is 0 Å². The number of amides is 2. The molecule has 1 atom stereocenters. The fourth-order valence-corrected chi connectivity index (χ4v) is 1.59. The highest BCUT2D eigenvalue weighted by Gasteiger charge is 2.14. The van der Waals surface area contributed by atoms with Crippen molar-refractivity contribution in [3.8, 4) is 0 Å². The van der Waals surface area contributed by atoms with Crippen molar-refractivity contribution >= 4 is 6.03 Å². The highest BCUT2D eigenvalue weighted by Crippen LogP contribution is 2.00. The summed E-state index contributed by atoms with van der Waals surface area (Å²) in [7, 11) is 0. The molecule has 82 valence electrons. The molecular weight excluding hydrogens is 178 g/mol. The molecule has 0 aromatic rings. The van der Waals surface area contributed by atoms with Gasteiger partial charge in [-0.15, -0.1) is 0 Å². The van der Waals surface area contributed by atoms with Gasteiger partial charge in [-0.25, -0.2) is 4.79 Å². The number of hydrogen-bond acceptors (Lipinski definition) is 2. The number of piperidine rings is 1. The first kappa shape index (κ1) is 11.3. The fraction of sp³-hybridized carbons (Fsp3) is 0.900. The summed E-state index contributed by atoms with van der Waals surface area (Å²) in [5, 5.41) is 9.08. The van der Waals surface area contributed by atoms with E-state index < -0.39 is 0 Å². The minimum absolute atomic E-state index is 0.0212. The number of carbonyl (C=O) groups excluding carboxylic acids is 1. The Bertz CT molecular complexity index is 167. The lowest BCUT2D eigenvalue weighted by Crippen LogP contribution is -2.49. The molecule has 4 heteroatoms. The van der Waals surface area contributed by atoms with Crippen molar-refractivity contribution in [2.75, 3.05) is 19.6 Å². The Morgan fingerprint density at radius 1 is 1.57 bits per heavy atom. The second-order valence-electron chi connectivity index (χ2n) is 3.80. The maximum absolute atomic E-state index is 11.3. The molecule has 1 heterocycles. The predicted octanol–water partition coefficient (Wildman–Crippen LogP) is 0.838. The van der Waals surface area contributed by atoms with Crippen LogP contribution in [0.25, 0.3) is 0 Å². The highest BCUT2D eigenvalue weighted by molar-refractivity contribution is 5.74. The summed E-state index contributed by atoms with van der Waals surface area (Å²) in [6.07, 6.45) is 4.41. The molecule has 1 saturated heterocycles. The van der Waals surface area contributed by atoms with Crippen molar-refractivity contribution in [3.05, 3.63) is 0 Å². The molecule has 14 heavy (non-hydrogen) atoms. The van der Waals surface area contributed by atoms with E-state index in [-0.39, 0.29) is 6.03 Å². The number of unbranched alkanes of at least 4 members (excludes halogenated alkanes) is 1. The molecule has 1 aliphatic rings. The van der Waals surface area contributed by atoms with Crippen molar-refractivity contribution in [2.24, 2.45) is 0 Å². The molecule has 3 N–H and O–H groups in total. The monoisotopic (exact) mass is 199 g/mol. The molecule has 0 radical (unpaired) electrons. The van der Waals surface area contributed by atoms with Gasteiger partial charge in [0.2, 0.25) is 0 Å². The summed E-state index contributed by atoms with van der Waals surface area (Å²) in [5.74, 6) is 0. The normalized spacial score (nSPS) is 21.6. The minimum atomic E-state index is -0.0212. The summed E-state index contributed by atoms with van der Waals surface area (Å²) in [6.45, 7) is 4.88. The minimum Gasteiger partial charge on any atom is -0.338 e. The van der Waals surface area contributed by atoms with Crippen LogP contribution in [-0.2, 0) is 0 Å². The van der Waals surface area contributed by atoms with Crippen molar-refractivity contribution in [1.82, 2.24) is 16.0 Å². The second-order valence-corrected chi connectivity index (χ2v) is 3.80. The van der Waals surface area contributed by atoms with Gasteiger partial charge in [0.1, 0.15) is 0 Å². The lowest BCUT2D eigenvalue weighted by atomic mass is 10.1. The first-order chi connectivity index (χ1) is 6.83. The highest BCUT2D eigenvalue weighted by atomic mass is 16.2. The van der Waals surface area contributed by atoms with Crippen LogP contribution in [0.3, 0.4) is 0 Å². The molecule has 0 aromatic heterocycles. The van der Waals surface area contributed by atoms with E-state index in [1.165, 1.54) is 0 Å². The van der Waals surface area contributed by atoms with Crippen LogP contribution < -0.4 is 16.0 Å². The van der Waals surface area contributed by atoms with E-state index >= 15 is 0 Å². The predicted molar refractivity (Wildman–Crippen MR) is 57.3 cm³/mol. The maximum atomic E-state index is 11.3. The quantitative estimate of drug-likeness (QED) is 0.588. The van der Waals surface area contributed by atoms with Crippen LogP contribution in [0.1, 0.15) is 32.6 Å². The van der Waals surface area contributed by atoms with Gasteiger partial charge in [0, 0.05) is 19.1 Å². The summed E-state index contributed by atoms with van der Waals surface area (Å²) in [4.78, 5) is 11.3. The van der Waals surface area contributed by atoms with E-state index in [9.17, 15) is 4.79 Å². The summed E-state index contributed by atoms with van der Waals surface area (Å²) in [6, 6.07) is 0.289. The molecule has 0 aliphatic carbocycles. The molecule has 0 spiro atoms. The van der Waals surface area contributed by atoms with Crippen LogP contribution in [-0.4, -0.2) is 31.7 Å². The van der Waals surface area contributed by atoms with Crippen LogP contribution in [0.4, 0.5) is 4.79 Å². The number of hydrogen-bond donors (Lipinski definition) is 3. The number of urea groups is 1. The lowest BCUT2D eigenvalue weighted by molar-refractivity contribution is 0.233. The van der Waals surface area contributed by atoms with Gasteiger partial charge in [-0.3, -0.25) is 0 Å². The smallest absolute Gasteiger partial charge is 0.315 e. The van der Waals surface area contributed by atoms with Gasteiger partial charge in [0.25, 0.3) is 0 Å². The van der Waals surface area contributed by atoms with Gasteiger partial charge >= 0.3 is 6.03 Å². The molecule has 4 nitrogen and oxygen atoms in total. The van der Waals surface area contributed by atoms with Crippen LogP contribution in [0.15, 0.2) is 0 Å². The van der Waals surface area contributed by atoms with E-state index in [4.69, 9.17) is 0 Å². The third kappa shape index (κ3) is 4.46. The molecule has 2 amide bonds. The standard InChI is InChI=1S/C10H21N3O/c1-2-3-7-12-10(14)13-9-5-4-6-11-8-9/h9,11H,2-8H2,1H3,(H2,12,13,14)/t9-/m0/s1. The van der Waals surface area contributed by atoms with Gasteiger partial charge < -0.3 is 16.0 Å². The topological polar surface area (TPSA) is 53.2 Å². The number of carbonyl (C=O) groups is 1. The van der Waals surface area contributed by atoms with Crippen LogP contribution >= 0.6 is 0 Å². The first-order valence-electron chi connectivity index (χ1n) is 5.58. The Balaban J connectivity index is 2.06. The SMILES string of the molecule is CCCCNC(=O)N[C@H]1CCCNC1. The number of rotatable bonds is 4. The van der Waals surface area contributed by atoms with Crippen molar-refractivity contribution in [3.63, 3.8) is 0 Å². The zero-order chi connectivity index (χ0) is 10.2. The average Bonchev–Trinajstić information content (AvgIpc) is 2.20. The van der Waals surface area contributed by atoms with Gasteiger partial charge in [-0.2, -0.15) is 0 Å². The van der Waals surface area contributed by atoms with E-state index in [0.717, 1.165) is 45.3 Å². The van der Waals surface area contributed by atoms with Crippen molar-refractivity contribution in [1.29, 1.82) is 0 Å². The molecule has 1 fully saturated rings. The van der Waals surface area contributed by atoms with Gasteiger partial charge in [0.15, 0.2) is 0 Å². The molecule has 0 aromatic carbocycles. The Labute approximate surface area is 85.8 Å². The van der Waals surface area contributed by atoms with Crippen molar-refractivity contribution in [2.45, 2.75) is 38.6 Å². The van der Waals surface area contributed by atoms with Gasteiger partial charge in [-0.1, -0.05) is 13.3 Å². The largest absolute Gasteiger partial charge is 0.338 e. The van der Waals surface area contributed by atoms with E-state index in [1.54, 1.807) is 0 Å². The van der Waals surface area contributed by atoms with Crippen LogP contribution in [0.5, 0.6) is 0 Å². The third-order valence-corrected chi connectivity index (χ3v) is 2.45. The average molecular weight is 199 g/mol. The maximum Gasteiger partial charge on any atom is 0.315 e. The Morgan fingerprint density at radius 3 is 3.07 bits per heavy atom. The molecule has 1 rings (SSSR count). The summed E-state index contributed by atoms with van der Waals surface area (Å²) >= 11 is 0. The Morgan fingerprint density at radius 2 is 2.43 bits per heavy atom. The van der Waals surface area contributed by atoms with Gasteiger partial charge in [-0.05, 0) is 25.8 Å². The molecule has 1 aliphatic heterocycles. The number of nitrogens with one attached hydrogen (secondary N) is 3. The zero-order valence-electron chi connectivity index (χ0n) is 8.94. The first-order valence-corrected chi connectivity index (χ1v) is 5.58. The second kappa shape index (κ2) is 6.65. The molecule has 0 saturated carbocycles. The zero-order valence-corrected chi connectivity index (χ0v) is 8.94. The Kier molecular flexibility index (Phi) is 5.37. The molecule has 0 bridgehead atoms. The van der Waals surface area contributed by atoms with E-state index in [2.05, 4.69) is 22.9 Å². The Hall–Kier alpha value is -0.770. The van der Waals surface area contributed by atoms with Gasteiger partial charge in [0.05, 0.1) is 0 Å². The van der Waals surface area contributed by atoms with Crippen LogP contribution in [0, 0.1) is 0 Å². The molecular formula is C10H21N3O. The van der Waals surface area contributed by atoms with Crippen molar-refractivity contribution < 1.29 is 4.79 Å². The van der Waals surface area contributed by atoms with E-state index in [0.29, 0.717) is 6.04 Å². The van der Waals surface area contributed by atoms with Crippen LogP contribution in [0.2, 0.25) is 0 Å². The molecule has 0 unspecified atom stereocenters. The summed E-state index contributed by atoms with van der Waals surface area (Å²) in [5.41, 5.74) is 0. The third-order valence-electron chi connectivity index (χ3n) is 2.45. The lowest BCUT2D eigenvalue weighted by Gasteiger charge is -2.23. The summed E-state index contributed by atoms with van der Waals surface area (Å²) < 4.78 is 0.